The zero-order valence-electron chi connectivity index (χ0n) is 11.4. The number of hydrogen-bond donors (Lipinski definition) is 2. The Morgan fingerprint density at radius 2 is 1.95 bits per heavy atom. The van der Waals surface area contributed by atoms with Crippen molar-refractivity contribution < 1.29 is 9.53 Å². The van der Waals surface area contributed by atoms with E-state index in [-0.39, 0.29) is 36.4 Å². The molecule has 1 amide bonds. The standard InChI is InChI=1S/C13H17IN4O2.HI/c14-10-1-3-11(4-2-10)17-12(19)9-16-13(15)18-5-7-20-8-6-18;/h1-4H,5-9H2,(H2,15,16)(H,17,19);1H. The number of carbonyl (C=O) groups excluding carboxylic acids is 1. The number of nitrogens with one attached hydrogen (secondary N) is 1. The molecular weight excluding hydrogens is 498 g/mol. The van der Waals surface area contributed by atoms with Gasteiger partial charge in [-0.05, 0) is 46.9 Å². The number of rotatable bonds is 3. The van der Waals surface area contributed by atoms with Crippen molar-refractivity contribution in [1.29, 1.82) is 0 Å². The van der Waals surface area contributed by atoms with Gasteiger partial charge in [-0.1, -0.05) is 0 Å². The molecular formula is C13H18I2N4O2. The molecule has 8 heteroatoms. The van der Waals surface area contributed by atoms with Gasteiger partial charge in [0, 0.05) is 22.3 Å². The first kappa shape index (κ1) is 18.4. The van der Waals surface area contributed by atoms with Gasteiger partial charge in [0.15, 0.2) is 5.96 Å². The molecule has 0 saturated carbocycles. The van der Waals surface area contributed by atoms with Crippen LogP contribution in [0, 0.1) is 3.57 Å². The van der Waals surface area contributed by atoms with E-state index < -0.39 is 0 Å². The Kier molecular flexibility index (Phi) is 8.26. The van der Waals surface area contributed by atoms with Crippen LogP contribution in [0.3, 0.4) is 0 Å². The van der Waals surface area contributed by atoms with Crippen molar-refractivity contribution in [3.8, 4) is 0 Å². The minimum atomic E-state index is -0.178. The molecule has 1 saturated heterocycles. The van der Waals surface area contributed by atoms with Gasteiger partial charge in [-0.25, -0.2) is 4.99 Å². The summed E-state index contributed by atoms with van der Waals surface area (Å²) in [5, 5.41) is 2.78. The number of hydrogen-bond acceptors (Lipinski definition) is 3. The zero-order valence-corrected chi connectivity index (χ0v) is 15.9. The third-order valence-corrected chi connectivity index (χ3v) is 3.57. The smallest absolute Gasteiger partial charge is 0.246 e. The molecule has 1 aliphatic heterocycles. The number of benzene rings is 1. The van der Waals surface area contributed by atoms with Crippen LogP contribution in [0.5, 0.6) is 0 Å². The average molecular weight is 516 g/mol. The second-order valence-corrected chi connectivity index (χ2v) is 5.57. The van der Waals surface area contributed by atoms with E-state index in [9.17, 15) is 4.79 Å². The molecule has 21 heavy (non-hydrogen) atoms. The number of guanidine groups is 1. The molecule has 116 valence electrons. The third-order valence-electron chi connectivity index (χ3n) is 2.85. The van der Waals surface area contributed by atoms with E-state index >= 15 is 0 Å². The number of carbonyl (C=O) groups is 1. The summed E-state index contributed by atoms with van der Waals surface area (Å²) in [5.74, 6) is 0.216. The molecule has 1 aromatic carbocycles. The van der Waals surface area contributed by atoms with Gasteiger partial charge in [0.25, 0.3) is 0 Å². The Bertz CT molecular complexity index is 487. The van der Waals surface area contributed by atoms with Crippen LogP contribution in [0.2, 0.25) is 0 Å². The summed E-state index contributed by atoms with van der Waals surface area (Å²) in [6, 6.07) is 7.58. The molecule has 1 aliphatic rings. The monoisotopic (exact) mass is 516 g/mol. The predicted molar refractivity (Wildman–Crippen MR) is 102 cm³/mol. The third kappa shape index (κ3) is 6.34. The van der Waals surface area contributed by atoms with Crippen molar-refractivity contribution in [1.82, 2.24) is 4.90 Å². The fourth-order valence-electron chi connectivity index (χ4n) is 1.78. The maximum atomic E-state index is 11.8. The van der Waals surface area contributed by atoms with Crippen molar-refractivity contribution >= 4 is 64.1 Å². The lowest BCUT2D eigenvalue weighted by Crippen LogP contribution is -2.45. The summed E-state index contributed by atoms with van der Waals surface area (Å²) in [4.78, 5) is 17.8. The molecule has 1 aromatic rings. The Labute approximate surface area is 154 Å². The van der Waals surface area contributed by atoms with Crippen LogP contribution in [-0.4, -0.2) is 49.6 Å². The number of amides is 1. The first-order chi connectivity index (χ1) is 9.65. The van der Waals surface area contributed by atoms with Crippen molar-refractivity contribution in [2.24, 2.45) is 10.7 Å². The van der Waals surface area contributed by atoms with Gasteiger partial charge in [-0.15, -0.1) is 24.0 Å². The van der Waals surface area contributed by atoms with E-state index in [1.165, 1.54) is 0 Å². The number of halogens is 2. The summed E-state index contributed by atoms with van der Waals surface area (Å²) < 4.78 is 6.35. The average Bonchev–Trinajstić information content (AvgIpc) is 2.48. The zero-order chi connectivity index (χ0) is 14.4. The molecule has 0 radical (unpaired) electrons. The van der Waals surface area contributed by atoms with E-state index in [0.29, 0.717) is 32.3 Å². The summed E-state index contributed by atoms with van der Waals surface area (Å²) >= 11 is 2.21. The first-order valence-corrected chi connectivity index (χ1v) is 7.41. The Hall–Kier alpha value is -0.620. The van der Waals surface area contributed by atoms with Crippen molar-refractivity contribution in [2.45, 2.75) is 0 Å². The largest absolute Gasteiger partial charge is 0.378 e. The van der Waals surface area contributed by atoms with Crippen molar-refractivity contribution in [2.75, 3.05) is 38.2 Å². The SMILES string of the molecule is I.NC(=NCC(=O)Nc1ccc(I)cc1)N1CCOCC1. The minimum absolute atomic E-state index is 0. The van der Waals surface area contributed by atoms with Gasteiger partial charge in [0.2, 0.25) is 5.91 Å². The topological polar surface area (TPSA) is 79.9 Å². The maximum Gasteiger partial charge on any atom is 0.246 e. The molecule has 0 aliphatic carbocycles. The van der Waals surface area contributed by atoms with Gasteiger partial charge < -0.3 is 20.7 Å². The lowest BCUT2D eigenvalue weighted by molar-refractivity contribution is -0.114. The quantitative estimate of drug-likeness (QED) is 0.363. The lowest BCUT2D eigenvalue weighted by Gasteiger charge is -2.27. The van der Waals surface area contributed by atoms with Crippen molar-refractivity contribution in [3.63, 3.8) is 0 Å². The van der Waals surface area contributed by atoms with Crippen LogP contribution in [0.25, 0.3) is 0 Å². The highest BCUT2D eigenvalue weighted by atomic mass is 127. The van der Waals surface area contributed by atoms with Crippen LogP contribution in [-0.2, 0) is 9.53 Å². The fourth-order valence-corrected chi connectivity index (χ4v) is 2.14. The van der Waals surface area contributed by atoms with E-state index in [2.05, 4.69) is 32.9 Å². The molecule has 0 spiro atoms. The van der Waals surface area contributed by atoms with Gasteiger partial charge in [-0.2, -0.15) is 0 Å². The number of morpholine rings is 1. The maximum absolute atomic E-state index is 11.8. The van der Waals surface area contributed by atoms with Gasteiger partial charge in [-0.3, -0.25) is 4.79 Å². The van der Waals surface area contributed by atoms with E-state index in [1.807, 2.05) is 29.2 Å². The van der Waals surface area contributed by atoms with Gasteiger partial charge in [0.1, 0.15) is 6.54 Å². The molecule has 3 N–H and O–H groups in total. The highest BCUT2D eigenvalue weighted by Gasteiger charge is 2.12. The lowest BCUT2D eigenvalue weighted by atomic mass is 10.3. The second-order valence-electron chi connectivity index (χ2n) is 4.33. The summed E-state index contributed by atoms with van der Waals surface area (Å²) in [5.41, 5.74) is 6.61. The molecule has 6 nitrogen and oxygen atoms in total. The fraction of sp³-hybridized carbons (Fsp3) is 0.385. The molecule has 1 fully saturated rings. The van der Waals surface area contributed by atoms with E-state index in [0.717, 1.165) is 9.26 Å². The van der Waals surface area contributed by atoms with Crippen LogP contribution in [0.15, 0.2) is 29.3 Å². The number of nitrogens with zero attached hydrogens (tertiary/aromatic N) is 2. The summed E-state index contributed by atoms with van der Waals surface area (Å²) in [6.45, 7) is 2.74. The Balaban J connectivity index is 0.00000220. The van der Waals surface area contributed by atoms with E-state index in [4.69, 9.17) is 10.5 Å². The number of ether oxygens (including phenoxy) is 1. The van der Waals surface area contributed by atoms with Crippen LogP contribution < -0.4 is 11.1 Å². The highest BCUT2D eigenvalue weighted by molar-refractivity contribution is 14.1. The highest BCUT2D eigenvalue weighted by Crippen LogP contribution is 2.10. The summed E-state index contributed by atoms with van der Waals surface area (Å²) in [7, 11) is 0. The first-order valence-electron chi connectivity index (χ1n) is 6.33. The molecule has 1 heterocycles. The molecule has 0 unspecified atom stereocenters. The van der Waals surface area contributed by atoms with Crippen LogP contribution in [0.4, 0.5) is 5.69 Å². The van der Waals surface area contributed by atoms with Crippen molar-refractivity contribution in [3.05, 3.63) is 27.8 Å². The number of anilines is 1. The Morgan fingerprint density at radius 3 is 2.57 bits per heavy atom. The molecule has 0 aromatic heterocycles. The normalized spacial score (nSPS) is 15.3. The minimum Gasteiger partial charge on any atom is -0.378 e. The van der Waals surface area contributed by atoms with Crippen LogP contribution >= 0.6 is 46.6 Å². The van der Waals surface area contributed by atoms with E-state index in [1.54, 1.807) is 0 Å². The number of aliphatic imine (C=N–C) groups is 1. The van der Waals surface area contributed by atoms with Crippen LogP contribution in [0.1, 0.15) is 0 Å². The summed E-state index contributed by atoms with van der Waals surface area (Å²) in [6.07, 6.45) is 0. The van der Waals surface area contributed by atoms with Gasteiger partial charge >= 0.3 is 0 Å². The molecule has 0 atom stereocenters. The Morgan fingerprint density at radius 1 is 1.33 bits per heavy atom. The predicted octanol–water partition coefficient (Wildman–Crippen LogP) is 1.49. The molecule has 0 bridgehead atoms. The molecule has 2 rings (SSSR count). The second kappa shape index (κ2) is 9.41. The van der Waals surface area contributed by atoms with Gasteiger partial charge in [0.05, 0.1) is 13.2 Å². The number of nitrogens with two attached hydrogens (primary N) is 1.